The van der Waals surface area contributed by atoms with Gasteiger partial charge in [-0.2, -0.15) is 11.8 Å². The molecule has 0 aromatic heterocycles. The van der Waals surface area contributed by atoms with Crippen LogP contribution in [0.5, 0.6) is 0 Å². The van der Waals surface area contributed by atoms with E-state index >= 15 is 0 Å². The number of nitrogens with one attached hydrogen (secondary N) is 1. The largest absolute Gasteiger partial charge is 0.394 e. The maximum atomic E-state index is 12.3. The van der Waals surface area contributed by atoms with Crippen LogP contribution in [0.3, 0.4) is 0 Å². The fraction of sp³-hybridized carbons (Fsp3) is 0.529. The number of hydrogen-bond acceptors (Lipinski definition) is 4. The minimum absolute atomic E-state index is 0.0127. The van der Waals surface area contributed by atoms with E-state index in [9.17, 15) is 14.7 Å². The summed E-state index contributed by atoms with van der Waals surface area (Å²) in [5, 5.41) is 12.2. The summed E-state index contributed by atoms with van der Waals surface area (Å²) < 4.78 is 0. The highest BCUT2D eigenvalue weighted by Gasteiger charge is 2.34. The smallest absolute Gasteiger partial charge is 0.225 e. The molecule has 5 nitrogen and oxygen atoms in total. The molecule has 1 aliphatic rings. The van der Waals surface area contributed by atoms with Gasteiger partial charge in [0.15, 0.2) is 0 Å². The number of hydrogen-bond donors (Lipinski definition) is 2. The summed E-state index contributed by atoms with van der Waals surface area (Å²) in [7, 11) is 0. The van der Waals surface area contributed by atoms with Crippen LogP contribution in [-0.2, 0) is 16.1 Å². The zero-order valence-corrected chi connectivity index (χ0v) is 14.2. The van der Waals surface area contributed by atoms with Crippen LogP contribution in [0, 0.1) is 5.92 Å². The standard InChI is InChI=1S/C17H24N2O3S/c1-23-8-7-15(12-20)18-17(22)14-9-16(21)19(11-14)10-13-5-3-2-4-6-13/h2-6,14-15,20H,7-12H2,1H3,(H,18,22)/t14-,15-/m0/s1. The molecule has 126 valence electrons. The number of amides is 2. The first-order valence-corrected chi connectivity index (χ1v) is 9.25. The summed E-state index contributed by atoms with van der Waals surface area (Å²) in [6.07, 6.45) is 2.98. The van der Waals surface area contributed by atoms with Crippen molar-refractivity contribution in [1.29, 1.82) is 0 Å². The van der Waals surface area contributed by atoms with Crippen LogP contribution < -0.4 is 5.32 Å². The highest BCUT2D eigenvalue weighted by molar-refractivity contribution is 7.98. The number of carbonyl (C=O) groups excluding carboxylic acids is 2. The molecule has 2 rings (SSSR count). The predicted molar refractivity (Wildman–Crippen MR) is 92.0 cm³/mol. The van der Waals surface area contributed by atoms with Gasteiger partial charge in [-0.1, -0.05) is 30.3 Å². The van der Waals surface area contributed by atoms with Crippen molar-refractivity contribution < 1.29 is 14.7 Å². The Bertz CT molecular complexity index is 524. The van der Waals surface area contributed by atoms with Crippen molar-refractivity contribution in [3.8, 4) is 0 Å². The van der Waals surface area contributed by atoms with E-state index in [-0.39, 0.29) is 36.8 Å². The number of aliphatic hydroxyl groups is 1. The van der Waals surface area contributed by atoms with Crippen LogP contribution >= 0.6 is 11.8 Å². The van der Waals surface area contributed by atoms with E-state index < -0.39 is 0 Å². The summed E-state index contributed by atoms with van der Waals surface area (Å²) in [6.45, 7) is 0.917. The highest BCUT2D eigenvalue weighted by atomic mass is 32.2. The molecule has 0 radical (unpaired) electrons. The van der Waals surface area contributed by atoms with Gasteiger partial charge in [0.1, 0.15) is 0 Å². The molecule has 0 spiro atoms. The van der Waals surface area contributed by atoms with Gasteiger partial charge in [-0.05, 0) is 24.0 Å². The Hall–Kier alpha value is -1.53. The maximum Gasteiger partial charge on any atom is 0.225 e. The van der Waals surface area contributed by atoms with E-state index in [0.717, 1.165) is 17.7 Å². The van der Waals surface area contributed by atoms with Crippen molar-refractivity contribution in [1.82, 2.24) is 10.2 Å². The second kappa shape index (κ2) is 8.93. The Morgan fingerprint density at radius 3 is 2.83 bits per heavy atom. The molecule has 0 saturated carbocycles. The summed E-state index contributed by atoms with van der Waals surface area (Å²) in [4.78, 5) is 26.2. The molecule has 1 aliphatic heterocycles. The molecular weight excluding hydrogens is 312 g/mol. The van der Waals surface area contributed by atoms with Crippen molar-refractivity contribution in [3.05, 3.63) is 35.9 Å². The first-order valence-electron chi connectivity index (χ1n) is 7.86. The van der Waals surface area contributed by atoms with Gasteiger partial charge >= 0.3 is 0 Å². The van der Waals surface area contributed by atoms with Crippen LogP contribution in [-0.4, -0.2) is 53.0 Å². The topological polar surface area (TPSA) is 69.6 Å². The first kappa shape index (κ1) is 17.8. The van der Waals surface area contributed by atoms with Crippen molar-refractivity contribution in [2.75, 3.05) is 25.2 Å². The summed E-state index contributed by atoms with van der Waals surface area (Å²) in [6, 6.07) is 9.55. The van der Waals surface area contributed by atoms with Gasteiger partial charge in [0.05, 0.1) is 18.6 Å². The van der Waals surface area contributed by atoms with Crippen molar-refractivity contribution in [2.45, 2.75) is 25.4 Å². The van der Waals surface area contributed by atoms with E-state index in [1.807, 2.05) is 36.6 Å². The molecule has 0 bridgehead atoms. The lowest BCUT2D eigenvalue weighted by molar-refractivity contribution is -0.129. The molecule has 1 aromatic carbocycles. The summed E-state index contributed by atoms with van der Waals surface area (Å²) >= 11 is 1.68. The Balaban J connectivity index is 1.87. The number of aliphatic hydroxyl groups excluding tert-OH is 1. The second-order valence-corrected chi connectivity index (χ2v) is 6.82. The third-order valence-corrected chi connectivity index (χ3v) is 4.68. The molecular formula is C17H24N2O3S. The molecule has 1 heterocycles. The van der Waals surface area contributed by atoms with Crippen LogP contribution in [0.15, 0.2) is 30.3 Å². The zero-order valence-electron chi connectivity index (χ0n) is 13.4. The summed E-state index contributed by atoms with van der Waals surface area (Å²) in [5.74, 6) is 0.442. The Labute approximate surface area is 141 Å². The van der Waals surface area contributed by atoms with Gasteiger partial charge in [-0.25, -0.2) is 0 Å². The van der Waals surface area contributed by atoms with Gasteiger partial charge in [-0.3, -0.25) is 9.59 Å². The molecule has 2 atom stereocenters. The molecule has 2 amide bonds. The quantitative estimate of drug-likeness (QED) is 0.750. The number of benzene rings is 1. The number of nitrogens with zero attached hydrogens (tertiary/aromatic N) is 1. The molecule has 0 unspecified atom stereocenters. The Morgan fingerprint density at radius 2 is 2.17 bits per heavy atom. The molecule has 1 saturated heterocycles. The predicted octanol–water partition coefficient (Wildman–Crippen LogP) is 1.27. The average Bonchev–Trinajstić information content (AvgIpc) is 2.93. The van der Waals surface area contributed by atoms with E-state index in [2.05, 4.69) is 5.32 Å². The fourth-order valence-corrected chi connectivity index (χ4v) is 3.21. The normalized spacial score (nSPS) is 19.0. The molecule has 6 heteroatoms. The van der Waals surface area contributed by atoms with Gasteiger partial charge in [0, 0.05) is 19.5 Å². The van der Waals surface area contributed by atoms with E-state index in [4.69, 9.17) is 0 Å². The minimum atomic E-state index is -0.324. The number of thioether (sulfide) groups is 1. The Kier molecular flexibility index (Phi) is 6.92. The number of rotatable bonds is 8. The van der Waals surface area contributed by atoms with Crippen LogP contribution in [0.25, 0.3) is 0 Å². The van der Waals surface area contributed by atoms with Crippen molar-refractivity contribution in [2.24, 2.45) is 5.92 Å². The monoisotopic (exact) mass is 336 g/mol. The van der Waals surface area contributed by atoms with Crippen molar-refractivity contribution >= 4 is 23.6 Å². The van der Waals surface area contributed by atoms with Crippen LogP contribution in [0.2, 0.25) is 0 Å². The molecule has 23 heavy (non-hydrogen) atoms. The maximum absolute atomic E-state index is 12.3. The summed E-state index contributed by atoms with van der Waals surface area (Å²) in [5.41, 5.74) is 1.06. The molecule has 1 fully saturated rings. The van der Waals surface area contributed by atoms with Gasteiger partial charge < -0.3 is 15.3 Å². The minimum Gasteiger partial charge on any atom is -0.394 e. The van der Waals surface area contributed by atoms with E-state index in [0.29, 0.717) is 13.1 Å². The third kappa shape index (κ3) is 5.25. The molecule has 2 N–H and O–H groups in total. The van der Waals surface area contributed by atoms with Crippen LogP contribution in [0.4, 0.5) is 0 Å². The fourth-order valence-electron chi connectivity index (χ4n) is 2.69. The van der Waals surface area contributed by atoms with Gasteiger partial charge in [0.25, 0.3) is 0 Å². The average molecular weight is 336 g/mol. The van der Waals surface area contributed by atoms with Gasteiger partial charge in [0.2, 0.25) is 11.8 Å². The van der Waals surface area contributed by atoms with Gasteiger partial charge in [-0.15, -0.1) is 0 Å². The molecule has 0 aliphatic carbocycles. The Morgan fingerprint density at radius 1 is 1.43 bits per heavy atom. The third-order valence-electron chi connectivity index (χ3n) is 4.04. The molecule has 1 aromatic rings. The van der Waals surface area contributed by atoms with E-state index in [1.165, 1.54) is 0 Å². The van der Waals surface area contributed by atoms with E-state index in [1.54, 1.807) is 16.7 Å². The highest BCUT2D eigenvalue weighted by Crippen LogP contribution is 2.20. The lowest BCUT2D eigenvalue weighted by Crippen LogP contribution is -2.42. The van der Waals surface area contributed by atoms with Crippen molar-refractivity contribution in [3.63, 3.8) is 0 Å². The number of likely N-dealkylation sites (tertiary alicyclic amines) is 1. The first-order chi connectivity index (χ1) is 11.1. The lowest BCUT2D eigenvalue weighted by atomic mass is 10.1. The number of carbonyl (C=O) groups is 2. The zero-order chi connectivity index (χ0) is 16.7. The SMILES string of the molecule is CSCC[C@@H](CO)NC(=O)[C@H]1CC(=O)N(Cc2ccccc2)C1. The van der Waals surface area contributed by atoms with Crippen LogP contribution in [0.1, 0.15) is 18.4 Å². The lowest BCUT2D eigenvalue weighted by Gasteiger charge is -2.19. The second-order valence-electron chi connectivity index (χ2n) is 5.83.